The number of esters is 1. The van der Waals surface area contributed by atoms with Gasteiger partial charge in [0.1, 0.15) is 0 Å². The van der Waals surface area contributed by atoms with Gasteiger partial charge in [-0.2, -0.15) is 13.2 Å². The predicted octanol–water partition coefficient (Wildman–Crippen LogP) is 3.45. The van der Waals surface area contributed by atoms with Gasteiger partial charge in [-0.1, -0.05) is 0 Å². The van der Waals surface area contributed by atoms with Crippen LogP contribution in [-0.2, 0) is 28.0 Å². The van der Waals surface area contributed by atoms with E-state index >= 15 is 0 Å². The molecule has 11 heteroatoms. The Morgan fingerprint density at radius 3 is 2.23 bits per heavy atom. The number of pyridine rings is 1. The fourth-order valence-electron chi connectivity index (χ4n) is 1.47. The predicted molar refractivity (Wildman–Crippen MR) is 61.2 cm³/mol. The van der Waals surface area contributed by atoms with Gasteiger partial charge in [0.05, 0.1) is 36.4 Å². The number of methoxy groups -OCH3 is 1. The molecule has 1 heterocycles. The Kier molecular flexibility index (Phi) is 5.49. The SMILES string of the molecule is COC(=O)Cc1nc(CCl)c(C(F)(F)F)cc1OC(F)(F)F. The van der Waals surface area contributed by atoms with E-state index < -0.39 is 53.5 Å². The molecule has 0 saturated heterocycles. The molecule has 0 aliphatic rings. The normalized spacial score (nSPS) is 12.2. The summed E-state index contributed by atoms with van der Waals surface area (Å²) < 4.78 is 82.9. The highest BCUT2D eigenvalue weighted by molar-refractivity contribution is 6.17. The lowest BCUT2D eigenvalue weighted by molar-refractivity contribution is -0.275. The van der Waals surface area contributed by atoms with Crippen molar-refractivity contribution in [1.29, 1.82) is 0 Å². The lowest BCUT2D eigenvalue weighted by Crippen LogP contribution is -2.21. The number of aromatic nitrogens is 1. The molecule has 0 aliphatic carbocycles. The molecule has 0 aromatic carbocycles. The average molecular weight is 352 g/mol. The van der Waals surface area contributed by atoms with E-state index in [1.54, 1.807) is 0 Å². The summed E-state index contributed by atoms with van der Waals surface area (Å²) in [4.78, 5) is 14.5. The third-order valence-corrected chi connectivity index (χ3v) is 2.59. The fraction of sp³-hybridized carbons (Fsp3) is 0.455. The van der Waals surface area contributed by atoms with Crippen molar-refractivity contribution in [3.8, 4) is 5.75 Å². The van der Waals surface area contributed by atoms with E-state index in [0.29, 0.717) is 0 Å². The molecular weight excluding hydrogens is 344 g/mol. The van der Waals surface area contributed by atoms with Gasteiger partial charge >= 0.3 is 18.5 Å². The smallest absolute Gasteiger partial charge is 0.469 e. The molecule has 0 amide bonds. The highest BCUT2D eigenvalue weighted by atomic mass is 35.5. The average Bonchev–Trinajstić information content (AvgIpc) is 2.37. The number of carbonyl (C=O) groups is 1. The number of alkyl halides is 7. The summed E-state index contributed by atoms with van der Waals surface area (Å²) in [6.45, 7) is 0. The summed E-state index contributed by atoms with van der Waals surface area (Å²) in [7, 11) is 0.958. The van der Waals surface area contributed by atoms with Gasteiger partial charge in [0.2, 0.25) is 0 Å². The molecule has 0 N–H and O–H groups in total. The van der Waals surface area contributed by atoms with Crippen molar-refractivity contribution in [2.24, 2.45) is 0 Å². The first kappa shape index (κ1) is 18.3. The molecule has 0 radical (unpaired) electrons. The van der Waals surface area contributed by atoms with Gasteiger partial charge in [-0.15, -0.1) is 24.8 Å². The van der Waals surface area contributed by atoms with Crippen LogP contribution in [0.2, 0.25) is 0 Å². The van der Waals surface area contributed by atoms with Gasteiger partial charge < -0.3 is 9.47 Å². The number of nitrogens with zero attached hydrogens (tertiary/aromatic N) is 1. The number of hydrogen-bond acceptors (Lipinski definition) is 4. The summed E-state index contributed by atoms with van der Waals surface area (Å²) in [5, 5.41) is 0. The number of carbonyl (C=O) groups excluding carboxylic acids is 1. The Bertz CT molecular complexity index is 558. The van der Waals surface area contributed by atoms with E-state index in [0.717, 1.165) is 7.11 Å². The van der Waals surface area contributed by atoms with Gasteiger partial charge in [-0.05, 0) is 6.07 Å². The number of ether oxygens (including phenoxy) is 2. The van der Waals surface area contributed by atoms with Gasteiger partial charge in [-0.3, -0.25) is 9.78 Å². The number of hydrogen-bond donors (Lipinski definition) is 0. The Morgan fingerprint density at radius 2 is 1.82 bits per heavy atom. The second-order valence-corrected chi connectivity index (χ2v) is 4.13. The van der Waals surface area contributed by atoms with E-state index in [2.05, 4.69) is 14.5 Å². The second-order valence-electron chi connectivity index (χ2n) is 3.86. The van der Waals surface area contributed by atoms with Crippen LogP contribution in [0.4, 0.5) is 26.3 Å². The molecule has 0 spiro atoms. The fourth-order valence-corrected chi connectivity index (χ4v) is 1.68. The molecule has 124 valence electrons. The van der Waals surface area contributed by atoms with Crippen LogP contribution in [0.5, 0.6) is 5.75 Å². The van der Waals surface area contributed by atoms with Gasteiger partial charge in [0.15, 0.2) is 5.75 Å². The largest absolute Gasteiger partial charge is 0.573 e. The van der Waals surface area contributed by atoms with Crippen LogP contribution in [-0.4, -0.2) is 24.4 Å². The van der Waals surface area contributed by atoms with Crippen LogP contribution in [0.15, 0.2) is 6.07 Å². The second kappa shape index (κ2) is 6.59. The molecule has 1 aromatic rings. The summed E-state index contributed by atoms with van der Waals surface area (Å²) in [6, 6.07) is 0.108. The first-order valence-electron chi connectivity index (χ1n) is 5.46. The maximum absolute atomic E-state index is 12.8. The lowest BCUT2D eigenvalue weighted by atomic mass is 10.1. The maximum Gasteiger partial charge on any atom is 0.573 e. The van der Waals surface area contributed by atoms with Crippen molar-refractivity contribution in [3.63, 3.8) is 0 Å². The van der Waals surface area contributed by atoms with Crippen LogP contribution in [0.25, 0.3) is 0 Å². The van der Waals surface area contributed by atoms with Crippen LogP contribution in [0, 0.1) is 0 Å². The Morgan fingerprint density at radius 1 is 1.23 bits per heavy atom. The van der Waals surface area contributed by atoms with Gasteiger partial charge in [0, 0.05) is 0 Å². The van der Waals surface area contributed by atoms with Gasteiger partial charge in [0.25, 0.3) is 0 Å². The summed E-state index contributed by atoms with van der Waals surface area (Å²) in [6.07, 6.45) is -11.0. The highest BCUT2D eigenvalue weighted by Gasteiger charge is 2.38. The van der Waals surface area contributed by atoms with Crippen LogP contribution in [0.3, 0.4) is 0 Å². The minimum Gasteiger partial charge on any atom is -0.469 e. The molecule has 0 saturated carbocycles. The molecule has 0 aliphatic heterocycles. The maximum atomic E-state index is 12.8. The third-order valence-electron chi connectivity index (χ3n) is 2.34. The molecule has 0 unspecified atom stereocenters. The quantitative estimate of drug-likeness (QED) is 0.473. The summed E-state index contributed by atoms with van der Waals surface area (Å²) in [5.74, 6) is -2.95. The first-order valence-corrected chi connectivity index (χ1v) is 6.00. The zero-order valence-electron chi connectivity index (χ0n) is 10.8. The Labute approximate surface area is 125 Å². The van der Waals surface area contributed by atoms with E-state index in [1.165, 1.54) is 0 Å². The molecule has 4 nitrogen and oxygen atoms in total. The third kappa shape index (κ3) is 4.93. The zero-order chi connectivity index (χ0) is 17.1. The minimum atomic E-state index is -5.25. The Hall–Kier alpha value is -1.71. The number of rotatable bonds is 4. The topological polar surface area (TPSA) is 48.4 Å². The standard InChI is InChI=1S/C11H8ClF6NO3/c1-21-9(20)3-6-8(22-11(16,17)18)2-5(10(13,14)15)7(4-12)19-6/h2H,3-4H2,1H3. The molecule has 1 rings (SSSR count). The molecule has 22 heavy (non-hydrogen) atoms. The van der Waals surface area contributed by atoms with E-state index in [4.69, 9.17) is 11.6 Å². The van der Waals surface area contributed by atoms with Crippen molar-refractivity contribution in [2.45, 2.75) is 24.8 Å². The van der Waals surface area contributed by atoms with Crippen molar-refractivity contribution < 1.29 is 40.6 Å². The monoisotopic (exact) mass is 351 g/mol. The van der Waals surface area contributed by atoms with Crippen molar-refractivity contribution in [2.75, 3.05) is 7.11 Å². The zero-order valence-corrected chi connectivity index (χ0v) is 11.6. The summed E-state index contributed by atoms with van der Waals surface area (Å²) in [5.41, 5.74) is -2.86. The molecule has 0 bridgehead atoms. The molecule has 0 fully saturated rings. The lowest BCUT2D eigenvalue weighted by Gasteiger charge is -2.17. The van der Waals surface area contributed by atoms with E-state index in [9.17, 15) is 31.1 Å². The van der Waals surface area contributed by atoms with E-state index in [1.807, 2.05) is 0 Å². The first-order chi connectivity index (χ1) is 9.97. The highest BCUT2D eigenvalue weighted by Crippen LogP contribution is 2.37. The van der Waals surface area contributed by atoms with Crippen LogP contribution < -0.4 is 4.74 Å². The van der Waals surface area contributed by atoms with E-state index in [-0.39, 0.29) is 6.07 Å². The molecule has 1 aromatic heterocycles. The minimum absolute atomic E-state index is 0.108. The molecule has 0 atom stereocenters. The summed E-state index contributed by atoms with van der Waals surface area (Å²) >= 11 is 5.32. The van der Waals surface area contributed by atoms with Crippen LogP contribution in [0.1, 0.15) is 17.0 Å². The van der Waals surface area contributed by atoms with Crippen molar-refractivity contribution in [3.05, 3.63) is 23.0 Å². The van der Waals surface area contributed by atoms with Crippen molar-refractivity contribution >= 4 is 17.6 Å². The van der Waals surface area contributed by atoms with Gasteiger partial charge in [-0.25, -0.2) is 0 Å². The Balaban J connectivity index is 3.43. The van der Waals surface area contributed by atoms with Crippen molar-refractivity contribution in [1.82, 2.24) is 4.98 Å². The van der Waals surface area contributed by atoms with Crippen LogP contribution >= 0.6 is 11.6 Å². The molecular formula is C11H8ClF6NO3. The number of halogens is 7.